The van der Waals surface area contributed by atoms with Gasteiger partial charge in [0.1, 0.15) is 0 Å². The zero-order valence-corrected chi connectivity index (χ0v) is 17.4. The molecule has 1 fully saturated rings. The van der Waals surface area contributed by atoms with E-state index < -0.39 is 26.7 Å². The van der Waals surface area contributed by atoms with E-state index >= 15 is 0 Å². The van der Waals surface area contributed by atoms with Crippen molar-refractivity contribution in [2.24, 2.45) is 0 Å². The third kappa shape index (κ3) is 4.14. The van der Waals surface area contributed by atoms with Crippen molar-refractivity contribution in [2.45, 2.75) is 30.2 Å². The number of carbonyl (C=O) groups is 1. The molecule has 1 atom stereocenters. The number of carbonyl (C=O) groups excluding carboxylic acids is 1. The SMILES string of the molecule is COc1ccc(C(=O)CC2CCCN2S(=O)(=O)c2ccccc2[N+](=O)[O-])cc1OC. The van der Waals surface area contributed by atoms with E-state index in [1.807, 2.05) is 0 Å². The Hall–Kier alpha value is -2.98. The fourth-order valence-corrected chi connectivity index (χ4v) is 5.48. The topological polar surface area (TPSA) is 116 Å². The predicted molar refractivity (Wildman–Crippen MR) is 109 cm³/mol. The second kappa shape index (κ2) is 8.80. The molecule has 0 aromatic heterocycles. The van der Waals surface area contributed by atoms with Gasteiger partial charge in [-0.2, -0.15) is 4.31 Å². The number of nitro benzene ring substituents is 1. The summed E-state index contributed by atoms with van der Waals surface area (Å²) in [6.45, 7) is 0.207. The van der Waals surface area contributed by atoms with Gasteiger partial charge in [-0.25, -0.2) is 8.42 Å². The Morgan fingerprint density at radius 2 is 1.87 bits per heavy atom. The highest BCUT2D eigenvalue weighted by molar-refractivity contribution is 7.89. The highest BCUT2D eigenvalue weighted by Crippen LogP contribution is 2.33. The van der Waals surface area contributed by atoms with Crippen molar-refractivity contribution in [1.82, 2.24) is 4.31 Å². The molecule has 0 N–H and O–H groups in total. The zero-order chi connectivity index (χ0) is 21.9. The maximum Gasteiger partial charge on any atom is 0.289 e. The van der Waals surface area contributed by atoms with Crippen LogP contribution < -0.4 is 9.47 Å². The van der Waals surface area contributed by atoms with Crippen molar-refractivity contribution in [2.75, 3.05) is 20.8 Å². The molecule has 10 heteroatoms. The molecule has 2 aromatic carbocycles. The zero-order valence-electron chi connectivity index (χ0n) is 16.6. The number of rotatable bonds is 8. The van der Waals surface area contributed by atoms with Crippen LogP contribution in [-0.2, 0) is 10.0 Å². The molecular weight excluding hydrogens is 412 g/mol. The number of para-hydroxylation sites is 1. The van der Waals surface area contributed by atoms with E-state index in [0.717, 1.165) is 6.07 Å². The van der Waals surface area contributed by atoms with Crippen LogP contribution >= 0.6 is 0 Å². The number of nitro groups is 1. The molecule has 3 rings (SSSR count). The molecule has 0 bridgehead atoms. The van der Waals surface area contributed by atoms with Crippen molar-refractivity contribution < 1.29 is 27.6 Å². The molecule has 30 heavy (non-hydrogen) atoms. The van der Waals surface area contributed by atoms with E-state index in [1.54, 1.807) is 18.2 Å². The Kier molecular flexibility index (Phi) is 6.37. The fourth-order valence-electron chi connectivity index (χ4n) is 3.62. The summed E-state index contributed by atoms with van der Waals surface area (Å²) in [5.74, 6) is 0.639. The van der Waals surface area contributed by atoms with Gasteiger partial charge >= 0.3 is 0 Å². The number of methoxy groups -OCH3 is 2. The Morgan fingerprint density at radius 3 is 2.53 bits per heavy atom. The van der Waals surface area contributed by atoms with E-state index in [1.165, 1.54) is 36.7 Å². The summed E-state index contributed by atoms with van der Waals surface area (Å²) in [6.07, 6.45) is 1.04. The van der Waals surface area contributed by atoms with Gasteiger partial charge in [-0.15, -0.1) is 0 Å². The lowest BCUT2D eigenvalue weighted by Gasteiger charge is -2.23. The number of Topliss-reactive ketones (excluding diaryl/α,β-unsaturated/α-hetero) is 1. The lowest BCUT2D eigenvalue weighted by molar-refractivity contribution is -0.387. The first kappa shape index (κ1) is 21.7. The molecule has 1 aliphatic heterocycles. The maximum absolute atomic E-state index is 13.1. The Bertz CT molecular complexity index is 1070. The molecule has 1 unspecified atom stereocenters. The van der Waals surface area contributed by atoms with Gasteiger partial charge in [-0.1, -0.05) is 12.1 Å². The minimum Gasteiger partial charge on any atom is -0.493 e. The van der Waals surface area contributed by atoms with Gasteiger partial charge in [0, 0.05) is 30.6 Å². The number of ketones is 1. The van der Waals surface area contributed by atoms with Crippen LogP contribution in [0.4, 0.5) is 5.69 Å². The van der Waals surface area contributed by atoms with E-state index in [2.05, 4.69) is 0 Å². The van der Waals surface area contributed by atoms with Crippen LogP contribution in [0.25, 0.3) is 0 Å². The second-order valence-electron chi connectivity index (χ2n) is 6.83. The first-order chi connectivity index (χ1) is 14.3. The Morgan fingerprint density at radius 1 is 1.17 bits per heavy atom. The number of hydrogen-bond acceptors (Lipinski definition) is 7. The molecule has 160 valence electrons. The number of nitrogens with zero attached hydrogens (tertiary/aromatic N) is 2. The van der Waals surface area contributed by atoms with Crippen molar-refractivity contribution >= 4 is 21.5 Å². The average molecular weight is 434 g/mol. The van der Waals surface area contributed by atoms with Gasteiger partial charge in [0.2, 0.25) is 10.0 Å². The van der Waals surface area contributed by atoms with Gasteiger partial charge in [-0.05, 0) is 37.1 Å². The summed E-state index contributed by atoms with van der Waals surface area (Å²) >= 11 is 0. The van der Waals surface area contributed by atoms with Crippen molar-refractivity contribution in [3.8, 4) is 11.5 Å². The van der Waals surface area contributed by atoms with Gasteiger partial charge in [0.15, 0.2) is 22.2 Å². The predicted octanol–water partition coefficient (Wildman–Crippen LogP) is 3.04. The summed E-state index contributed by atoms with van der Waals surface area (Å²) in [5.41, 5.74) is -0.100. The van der Waals surface area contributed by atoms with E-state index in [-0.39, 0.29) is 23.6 Å². The second-order valence-corrected chi connectivity index (χ2v) is 8.69. The molecule has 0 amide bonds. The number of hydrogen-bond donors (Lipinski definition) is 0. The fraction of sp³-hybridized carbons (Fsp3) is 0.350. The van der Waals surface area contributed by atoms with Crippen LogP contribution in [0.3, 0.4) is 0 Å². The van der Waals surface area contributed by atoms with Gasteiger partial charge < -0.3 is 9.47 Å². The van der Waals surface area contributed by atoms with Crippen LogP contribution in [0.5, 0.6) is 11.5 Å². The third-order valence-electron chi connectivity index (χ3n) is 5.10. The minimum atomic E-state index is -4.12. The van der Waals surface area contributed by atoms with Crippen LogP contribution in [0.1, 0.15) is 29.6 Å². The lowest BCUT2D eigenvalue weighted by atomic mass is 10.0. The summed E-state index contributed by atoms with van der Waals surface area (Å²) in [6, 6.07) is 9.43. The van der Waals surface area contributed by atoms with Crippen LogP contribution in [0, 0.1) is 10.1 Å². The lowest BCUT2D eigenvalue weighted by Crippen LogP contribution is -2.37. The van der Waals surface area contributed by atoms with Crippen molar-refractivity contribution in [1.29, 1.82) is 0 Å². The summed E-state index contributed by atoms with van der Waals surface area (Å²) in [7, 11) is -1.17. The van der Waals surface area contributed by atoms with E-state index in [0.29, 0.717) is 29.9 Å². The van der Waals surface area contributed by atoms with Gasteiger partial charge in [0.05, 0.1) is 19.1 Å². The van der Waals surface area contributed by atoms with Crippen LogP contribution in [0.2, 0.25) is 0 Å². The smallest absolute Gasteiger partial charge is 0.289 e. The van der Waals surface area contributed by atoms with Crippen LogP contribution in [0.15, 0.2) is 47.4 Å². The summed E-state index contributed by atoms with van der Waals surface area (Å²) in [5, 5.41) is 11.3. The number of sulfonamides is 1. The van der Waals surface area contributed by atoms with Gasteiger partial charge in [0.25, 0.3) is 5.69 Å². The van der Waals surface area contributed by atoms with Crippen molar-refractivity contribution in [3.05, 3.63) is 58.1 Å². The number of ether oxygens (including phenoxy) is 2. The molecule has 1 heterocycles. The molecule has 0 aliphatic carbocycles. The third-order valence-corrected chi connectivity index (χ3v) is 7.10. The molecule has 9 nitrogen and oxygen atoms in total. The normalized spacial score (nSPS) is 16.9. The monoisotopic (exact) mass is 434 g/mol. The molecule has 1 aliphatic rings. The maximum atomic E-state index is 13.1. The molecule has 1 saturated heterocycles. The highest BCUT2D eigenvalue weighted by atomic mass is 32.2. The molecule has 0 radical (unpaired) electrons. The number of benzene rings is 2. The van der Waals surface area contributed by atoms with Crippen molar-refractivity contribution in [3.63, 3.8) is 0 Å². The minimum absolute atomic E-state index is 0.0324. The van der Waals surface area contributed by atoms with E-state index in [4.69, 9.17) is 9.47 Å². The summed E-state index contributed by atoms with van der Waals surface area (Å²) in [4.78, 5) is 23.0. The molecule has 0 spiro atoms. The van der Waals surface area contributed by atoms with Crippen LogP contribution in [-0.4, -0.2) is 50.2 Å². The quantitative estimate of drug-likeness (QED) is 0.356. The first-order valence-electron chi connectivity index (χ1n) is 9.30. The standard InChI is InChI=1S/C20H22N2O7S/c1-28-18-10-9-14(12-19(18)29-2)17(23)13-15-6-5-11-21(15)30(26,27)20-8-4-3-7-16(20)22(24)25/h3-4,7-10,12,15H,5-6,11,13H2,1-2H3. The molecular formula is C20H22N2O7S. The Balaban J connectivity index is 1.86. The summed E-state index contributed by atoms with van der Waals surface area (Å²) < 4.78 is 37.9. The first-order valence-corrected chi connectivity index (χ1v) is 10.7. The van der Waals surface area contributed by atoms with Gasteiger partial charge in [-0.3, -0.25) is 14.9 Å². The molecule has 0 saturated carbocycles. The highest BCUT2D eigenvalue weighted by Gasteiger charge is 2.39. The average Bonchev–Trinajstić information content (AvgIpc) is 3.22. The molecule has 2 aromatic rings. The van der Waals surface area contributed by atoms with E-state index in [9.17, 15) is 23.3 Å². The largest absolute Gasteiger partial charge is 0.493 e. The Labute approximate surface area is 174 Å².